The lowest BCUT2D eigenvalue weighted by Gasteiger charge is -2.20. The van der Waals surface area contributed by atoms with Crippen LogP contribution in [0.25, 0.3) is 21.9 Å². The van der Waals surface area contributed by atoms with Gasteiger partial charge < -0.3 is 29.4 Å². The second-order valence-corrected chi connectivity index (χ2v) is 8.30. The number of hydrogen-bond acceptors (Lipinski definition) is 7. The van der Waals surface area contributed by atoms with Crippen molar-refractivity contribution in [3.63, 3.8) is 0 Å². The molecule has 0 fully saturated rings. The molecule has 0 bridgehead atoms. The van der Waals surface area contributed by atoms with E-state index >= 15 is 0 Å². The lowest BCUT2D eigenvalue weighted by molar-refractivity contribution is -0.308. The summed E-state index contributed by atoms with van der Waals surface area (Å²) < 4.78 is 11.1. The number of carboxylic acids is 1. The second-order valence-electron chi connectivity index (χ2n) is 8.30. The predicted octanol–water partition coefficient (Wildman–Crippen LogP) is 1.73. The quantitative estimate of drug-likeness (QED) is 0.388. The number of hydrogen-bond donors (Lipinski definition) is 2. The van der Waals surface area contributed by atoms with Crippen LogP contribution in [0.15, 0.2) is 56.1 Å². The Morgan fingerprint density at radius 1 is 0.914 bits per heavy atom. The lowest BCUT2D eigenvalue weighted by atomic mass is 10.0. The van der Waals surface area contributed by atoms with Gasteiger partial charge in [0.15, 0.2) is 0 Å². The number of benzene rings is 2. The first-order valence-corrected chi connectivity index (χ1v) is 10.9. The van der Waals surface area contributed by atoms with Crippen LogP contribution >= 0.6 is 0 Å². The Balaban J connectivity index is 1.48. The first-order valence-electron chi connectivity index (χ1n) is 10.9. The van der Waals surface area contributed by atoms with Crippen LogP contribution in [0, 0.1) is 20.8 Å². The summed E-state index contributed by atoms with van der Waals surface area (Å²) in [7, 11) is 0. The number of amides is 2. The SMILES string of the molecule is Cc1oc2cc3oc(=O)c(CC(=O)NCC(=O)N[C@H](C(=O)[O-])c4ccccc4)c(C)c3cc2c1C. The van der Waals surface area contributed by atoms with E-state index in [0.717, 1.165) is 16.7 Å². The van der Waals surface area contributed by atoms with Crippen molar-refractivity contribution < 1.29 is 28.3 Å². The first-order chi connectivity index (χ1) is 16.7. The average Bonchev–Trinajstić information content (AvgIpc) is 3.10. The molecule has 0 aliphatic carbocycles. The van der Waals surface area contributed by atoms with Gasteiger partial charge in [-0.25, -0.2) is 4.79 Å². The van der Waals surface area contributed by atoms with Crippen LogP contribution < -0.4 is 21.4 Å². The van der Waals surface area contributed by atoms with Crippen molar-refractivity contribution >= 4 is 39.7 Å². The van der Waals surface area contributed by atoms with Crippen LogP contribution in [0.5, 0.6) is 0 Å². The average molecular weight is 475 g/mol. The van der Waals surface area contributed by atoms with E-state index in [1.165, 1.54) is 0 Å². The van der Waals surface area contributed by atoms with Crippen LogP contribution in [0.2, 0.25) is 0 Å². The van der Waals surface area contributed by atoms with Gasteiger partial charge in [-0.1, -0.05) is 30.3 Å². The van der Waals surface area contributed by atoms with Crippen LogP contribution in [-0.4, -0.2) is 24.3 Å². The fourth-order valence-corrected chi connectivity index (χ4v) is 3.97. The van der Waals surface area contributed by atoms with Gasteiger partial charge in [0.2, 0.25) is 11.8 Å². The van der Waals surface area contributed by atoms with Crippen molar-refractivity contribution in [2.45, 2.75) is 33.2 Å². The number of aryl methyl sites for hydroxylation is 3. The molecule has 35 heavy (non-hydrogen) atoms. The van der Waals surface area contributed by atoms with Crippen molar-refractivity contribution in [3.8, 4) is 0 Å². The number of carboxylic acid groups (broad SMARTS) is 1. The highest BCUT2D eigenvalue weighted by molar-refractivity contribution is 5.97. The predicted molar refractivity (Wildman–Crippen MR) is 126 cm³/mol. The Labute approximate surface area is 199 Å². The van der Waals surface area contributed by atoms with Crippen molar-refractivity contribution in [1.82, 2.24) is 10.6 Å². The molecule has 9 nitrogen and oxygen atoms in total. The molecule has 2 heterocycles. The van der Waals surface area contributed by atoms with Gasteiger partial charge in [-0.05, 0) is 43.5 Å². The molecule has 0 unspecified atom stereocenters. The molecule has 0 aliphatic heterocycles. The van der Waals surface area contributed by atoms with Gasteiger partial charge in [0.25, 0.3) is 0 Å². The largest absolute Gasteiger partial charge is 0.548 e. The smallest absolute Gasteiger partial charge is 0.340 e. The topological polar surface area (TPSA) is 142 Å². The normalized spacial score (nSPS) is 12.0. The molecular formula is C26H23N2O7-. The number of fused-ring (bicyclic) bond motifs is 2. The third-order valence-corrected chi connectivity index (χ3v) is 6.04. The van der Waals surface area contributed by atoms with E-state index in [2.05, 4.69) is 10.6 Å². The van der Waals surface area contributed by atoms with Gasteiger partial charge in [-0.2, -0.15) is 0 Å². The summed E-state index contributed by atoms with van der Waals surface area (Å²) in [5.41, 5.74) is 2.39. The second kappa shape index (κ2) is 9.46. The van der Waals surface area contributed by atoms with Gasteiger partial charge >= 0.3 is 5.63 Å². The summed E-state index contributed by atoms with van der Waals surface area (Å²) in [5.74, 6) is -2.01. The number of rotatable bonds is 7. The molecule has 0 saturated carbocycles. The molecule has 4 rings (SSSR count). The molecule has 2 aromatic heterocycles. The molecule has 1 atom stereocenters. The van der Waals surface area contributed by atoms with E-state index in [4.69, 9.17) is 8.83 Å². The van der Waals surface area contributed by atoms with Gasteiger partial charge in [0, 0.05) is 16.8 Å². The van der Waals surface area contributed by atoms with Gasteiger partial charge in [0.05, 0.1) is 30.5 Å². The fraction of sp³-hybridized carbons (Fsp3) is 0.231. The highest BCUT2D eigenvalue weighted by atomic mass is 16.4. The zero-order valence-electron chi connectivity index (χ0n) is 19.4. The molecular weight excluding hydrogens is 452 g/mol. The maximum Gasteiger partial charge on any atom is 0.340 e. The molecule has 0 aliphatic rings. The minimum Gasteiger partial charge on any atom is -0.548 e. The Morgan fingerprint density at radius 3 is 2.26 bits per heavy atom. The van der Waals surface area contributed by atoms with E-state index < -0.39 is 36.0 Å². The van der Waals surface area contributed by atoms with Crippen molar-refractivity contribution in [3.05, 3.63) is 80.9 Å². The Hall–Kier alpha value is -4.40. The van der Waals surface area contributed by atoms with E-state index in [1.807, 2.05) is 19.9 Å². The Morgan fingerprint density at radius 2 is 1.57 bits per heavy atom. The number of furan rings is 1. The summed E-state index contributed by atoms with van der Waals surface area (Å²) in [6.45, 7) is 5.04. The van der Waals surface area contributed by atoms with E-state index in [9.17, 15) is 24.3 Å². The number of carbonyl (C=O) groups is 3. The lowest BCUT2D eigenvalue weighted by Crippen LogP contribution is -2.45. The third-order valence-electron chi connectivity index (χ3n) is 6.04. The standard InChI is InChI=1S/C26H24N2O7/c1-13-15(3)34-20-11-21-18(9-17(13)20)14(2)19(26(33)35-21)10-22(29)27-12-23(30)28-24(25(31)32)16-7-5-4-6-8-16/h4-9,11,24H,10,12H2,1-3H3,(H,27,29)(H,28,30)(H,31,32)/p-1/t24-/m0/s1. The third kappa shape index (κ3) is 4.79. The zero-order chi connectivity index (χ0) is 25.3. The van der Waals surface area contributed by atoms with E-state index in [-0.39, 0.29) is 12.0 Å². The number of carbonyl (C=O) groups excluding carboxylic acids is 3. The molecule has 0 saturated heterocycles. The number of aliphatic carboxylic acids is 1. The molecule has 4 aromatic rings. The van der Waals surface area contributed by atoms with Crippen molar-refractivity contribution in [2.75, 3.05) is 6.54 Å². The highest BCUT2D eigenvalue weighted by Crippen LogP contribution is 2.31. The van der Waals surface area contributed by atoms with Gasteiger partial charge in [-0.15, -0.1) is 0 Å². The molecule has 0 spiro atoms. The van der Waals surface area contributed by atoms with Gasteiger partial charge in [0.1, 0.15) is 16.9 Å². The maximum atomic E-state index is 12.6. The summed E-state index contributed by atoms with van der Waals surface area (Å²) in [6.07, 6.45) is -0.304. The first kappa shape index (κ1) is 23.7. The summed E-state index contributed by atoms with van der Waals surface area (Å²) >= 11 is 0. The van der Waals surface area contributed by atoms with E-state index in [1.54, 1.807) is 43.3 Å². The highest BCUT2D eigenvalue weighted by Gasteiger charge is 2.19. The molecule has 2 aromatic carbocycles. The van der Waals surface area contributed by atoms with Crippen LogP contribution in [0.1, 0.15) is 34.1 Å². The van der Waals surface area contributed by atoms with Crippen molar-refractivity contribution in [2.24, 2.45) is 0 Å². The molecule has 180 valence electrons. The minimum absolute atomic E-state index is 0.171. The van der Waals surface area contributed by atoms with Crippen LogP contribution in [-0.2, 0) is 20.8 Å². The van der Waals surface area contributed by atoms with Crippen molar-refractivity contribution in [1.29, 1.82) is 0 Å². The Kier molecular flexibility index (Phi) is 6.42. The Bertz CT molecular complexity index is 1520. The molecule has 9 heteroatoms. The molecule has 2 N–H and O–H groups in total. The van der Waals surface area contributed by atoms with Gasteiger partial charge in [-0.3, -0.25) is 9.59 Å². The van der Waals surface area contributed by atoms with Crippen LogP contribution in [0.4, 0.5) is 0 Å². The summed E-state index contributed by atoms with van der Waals surface area (Å²) in [4.78, 5) is 48.8. The molecule has 0 radical (unpaired) electrons. The minimum atomic E-state index is -1.47. The van der Waals surface area contributed by atoms with Crippen LogP contribution in [0.3, 0.4) is 0 Å². The monoisotopic (exact) mass is 475 g/mol. The fourth-order valence-electron chi connectivity index (χ4n) is 3.97. The maximum absolute atomic E-state index is 12.6. The zero-order valence-corrected chi connectivity index (χ0v) is 19.4. The molecule has 2 amide bonds. The van der Waals surface area contributed by atoms with E-state index in [0.29, 0.717) is 27.7 Å². The summed E-state index contributed by atoms with van der Waals surface area (Å²) in [6, 6.07) is 10.2. The summed E-state index contributed by atoms with van der Waals surface area (Å²) in [5, 5.41) is 17.7. The number of nitrogens with one attached hydrogen (secondary N) is 2.